The number of hydrogen-bond acceptors (Lipinski definition) is 4. The quantitative estimate of drug-likeness (QED) is 0.844. The molecule has 124 valence electrons. The Labute approximate surface area is 137 Å². The normalized spacial score (nSPS) is 12.7. The van der Waals surface area contributed by atoms with Gasteiger partial charge in [-0.3, -0.25) is 0 Å². The average Bonchev–Trinajstić information content (AvgIpc) is 2.55. The van der Waals surface area contributed by atoms with E-state index in [1.54, 1.807) is 19.1 Å². The fourth-order valence-electron chi connectivity index (χ4n) is 2.16. The predicted octanol–water partition coefficient (Wildman–Crippen LogP) is 3.13. The Bertz CT molecular complexity index is 741. The van der Waals surface area contributed by atoms with Gasteiger partial charge >= 0.3 is 0 Å². The minimum atomic E-state index is -3.60. The first-order chi connectivity index (χ1) is 11.0. The van der Waals surface area contributed by atoms with E-state index in [0.717, 1.165) is 11.3 Å². The monoisotopic (exact) mass is 335 g/mol. The lowest BCUT2D eigenvalue weighted by molar-refractivity contribution is 0.339. The fourth-order valence-corrected chi connectivity index (χ4v) is 3.40. The van der Waals surface area contributed by atoms with Crippen LogP contribution < -0.4 is 14.2 Å². The van der Waals surface area contributed by atoms with Crippen LogP contribution in [0.2, 0.25) is 0 Å². The van der Waals surface area contributed by atoms with Gasteiger partial charge in [0.2, 0.25) is 10.0 Å². The summed E-state index contributed by atoms with van der Waals surface area (Å²) in [5.74, 6) is 1.34. The van der Waals surface area contributed by atoms with Crippen molar-refractivity contribution < 1.29 is 17.9 Å². The average molecular weight is 335 g/mol. The van der Waals surface area contributed by atoms with Crippen molar-refractivity contribution >= 4 is 10.0 Å². The maximum absolute atomic E-state index is 12.4. The lowest BCUT2D eigenvalue weighted by Crippen LogP contribution is -2.26. The summed E-state index contributed by atoms with van der Waals surface area (Å²) in [5, 5.41) is 0. The van der Waals surface area contributed by atoms with Crippen LogP contribution in [0.5, 0.6) is 11.5 Å². The van der Waals surface area contributed by atoms with Gasteiger partial charge in [0.25, 0.3) is 0 Å². The maximum Gasteiger partial charge on any atom is 0.241 e. The van der Waals surface area contributed by atoms with Crippen molar-refractivity contribution in [1.29, 1.82) is 0 Å². The largest absolute Gasteiger partial charge is 0.497 e. The van der Waals surface area contributed by atoms with Gasteiger partial charge in [0.15, 0.2) is 0 Å². The number of hydrogen-bond donors (Lipinski definition) is 1. The van der Waals surface area contributed by atoms with Gasteiger partial charge < -0.3 is 9.47 Å². The van der Waals surface area contributed by atoms with Crippen molar-refractivity contribution in [1.82, 2.24) is 4.72 Å². The zero-order chi connectivity index (χ0) is 16.9. The molecule has 0 aliphatic rings. The predicted molar refractivity (Wildman–Crippen MR) is 89.3 cm³/mol. The Kier molecular flexibility index (Phi) is 5.63. The molecule has 1 N–H and O–H groups in total. The molecule has 0 aliphatic heterocycles. The van der Waals surface area contributed by atoms with Crippen molar-refractivity contribution in [2.75, 3.05) is 13.7 Å². The molecule has 1 atom stereocenters. The van der Waals surface area contributed by atoms with E-state index >= 15 is 0 Å². The number of benzene rings is 2. The molecule has 0 radical (unpaired) electrons. The van der Waals surface area contributed by atoms with Gasteiger partial charge in [0, 0.05) is 6.04 Å². The summed E-state index contributed by atoms with van der Waals surface area (Å²) in [4.78, 5) is 0.200. The summed E-state index contributed by atoms with van der Waals surface area (Å²) in [6.45, 7) is 4.27. The van der Waals surface area contributed by atoms with Crippen molar-refractivity contribution in [2.24, 2.45) is 0 Å². The molecule has 23 heavy (non-hydrogen) atoms. The molecule has 0 bridgehead atoms. The minimum Gasteiger partial charge on any atom is -0.497 e. The fraction of sp³-hybridized carbons (Fsp3) is 0.294. The zero-order valence-electron chi connectivity index (χ0n) is 13.4. The molecule has 0 saturated heterocycles. The van der Waals surface area contributed by atoms with Crippen molar-refractivity contribution in [3.05, 3.63) is 54.1 Å². The van der Waals surface area contributed by atoms with Gasteiger partial charge in [0.1, 0.15) is 11.5 Å². The molecule has 5 nitrogen and oxygen atoms in total. The molecule has 0 spiro atoms. The Morgan fingerprint density at radius 3 is 2.39 bits per heavy atom. The summed E-state index contributed by atoms with van der Waals surface area (Å²) in [5.41, 5.74) is 0.841. The van der Waals surface area contributed by atoms with E-state index < -0.39 is 10.0 Å². The molecule has 0 aliphatic carbocycles. The molecule has 0 amide bonds. The standard InChI is InChI=1S/C17H21NO4S/c1-4-22-16-7-5-6-14(12-16)13(2)18-23(19,20)17-10-8-15(21-3)9-11-17/h5-13,18H,4H2,1-3H3. The molecule has 0 saturated carbocycles. The lowest BCUT2D eigenvalue weighted by Gasteiger charge is -2.16. The zero-order valence-corrected chi connectivity index (χ0v) is 14.3. The van der Waals surface area contributed by atoms with Gasteiger partial charge in [-0.2, -0.15) is 0 Å². The van der Waals surface area contributed by atoms with E-state index in [1.165, 1.54) is 19.2 Å². The van der Waals surface area contributed by atoms with Crippen LogP contribution in [0.4, 0.5) is 0 Å². The smallest absolute Gasteiger partial charge is 0.241 e. The second-order valence-corrected chi connectivity index (χ2v) is 6.74. The third kappa shape index (κ3) is 4.46. The van der Waals surface area contributed by atoms with E-state index in [2.05, 4.69) is 4.72 Å². The SMILES string of the molecule is CCOc1cccc(C(C)NS(=O)(=O)c2ccc(OC)cc2)c1. The highest BCUT2D eigenvalue weighted by Gasteiger charge is 2.18. The molecular formula is C17H21NO4S. The van der Waals surface area contributed by atoms with Crippen molar-refractivity contribution in [2.45, 2.75) is 24.8 Å². The van der Waals surface area contributed by atoms with Crippen LogP contribution in [0.15, 0.2) is 53.4 Å². The van der Waals surface area contributed by atoms with Crippen LogP contribution in [0, 0.1) is 0 Å². The van der Waals surface area contributed by atoms with Crippen molar-refractivity contribution in [3.63, 3.8) is 0 Å². The summed E-state index contributed by atoms with van der Waals surface area (Å²) in [7, 11) is -2.07. The van der Waals surface area contributed by atoms with Crippen molar-refractivity contribution in [3.8, 4) is 11.5 Å². The minimum absolute atomic E-state index is 0.200. The first-order valence-corrected chi connectivity index (χ1v) is 8.83. The van der Waals surface area contributed by atoms with E-state index in [1.807, 2.05) is 31.2 Å². The Morgan fingerprint density at radius 2 is 1.78 bits per heavy atom. The highest BCUT2D eigenvalue weighted by molar-refractivity contribution is 7.89. The van der Waals surface area contributed by atoms with Crippen LogP contribution in [0.3, 0.4) is 0 Å². The molecule has 0 fully saturated rings. The van der Waals surface area contributed by atoms with Crippen LogP contribution in [0.25, 0.3) is 0 Å². The number of rotatable bonds is 7. The molecule has 2 aromatic rings. The second-order valence-electron chi connectivity index (χ2n) is 5.02. The first-order valence-electron chi connectivity index (χ1n) is 7.35. The summed E-state index contributed by atoms with van der Waals surface area (Å²) in [6.07, 6.45) is 0. The molecule has 6 heteroatoms. The van der Waals surface area contributed by atoms with Gasteiger partial charge in [-0.25, -0.2) is 13.1 Å². The molecule has 0 aromatic heterocycles. The number of nitrogens with one attached hydrogen (secondary N) is 1. The molecular weight excluding hydrogens is 314 g/mol. The highest BCUT2D eigenvalue weighted by Crippen LogP contribution is 2.22. The Hall–Kier alpha value is -2.05. The number of methoxy groups -OCH3 is 1. The summed E-state index contributed by atoms with van der Waals surface area (Å²) >= 11 is 0. The van der Waals surface area contributed by atoms with Gasteiger partial charge in [-0.05, 0) is 55.8 Å². The maximum atomic E-state index is 12.4. The van der Waals surface area contributed by atoms with Gasteiger partial charge in [-0.1, -0.05) is 12.1 Å². The van der Waals surface area contributed by atoms with E-state index in [9.17, 15) is 8.42 Å². The molecule has 1 unspecified atom stereocenters. The molecule has 0 heterocycles. The lowest BCUT2D eigenvalue weighted by atomic mass is 10.1. The second kappa shape index (κ2) is 7.48. The van der Waals surface area contributed by atoms with E-state index in [4.69, 9.17) is 9.47 Å². The van der Waals surface area contributed by atoms with Crippen LogP contribution in [-0.4, -0.2) is 22.1 Å². The third-order valence-electron chi connectivity index (χ3n) is 3.37. The third-order valence-corrected chi connectivity index (χ3v) is 4.93. The Balaban J connectivity index is 2.17. The van der Waals surface area contributed by atoms with Gasteiger partial charge in [-0.15, -0.1) is 0 Å². The topological polar surface area (TPSA) is 64.6 Å². The van der Waals surface area contributed by atoms with Crippen LogP contribution in [0.1, 0.15) is 25.5 Å². The van der Waals surface area contributed by atoms with Crippen LogP contribution in [-0.2, 0) is 10.0 Å². The Morgan fingerprint density at radius 1 is 1.09 bits per heavy atom. The highest BCUT2D eigenvalue weighted by atomic mass is 32.2. The first kappa shape index (κ1) is 17.3. The molecule has 2 aromatic carbocycles. The number of sulfonamides is 1. The number of ether oxygens (including phenoxy) is 2. The summed E-state index contributed by atoms with van der Waals surface area (Å²) in [6, 6.07) is 13.3. The van der Waals surface area contributed by atoms with E-state index in [0.29, 0.717) is 12.4 Å². The van der Waals surface area contributed by atoms with Gasteiger partial charge in [0.05, 0.1) is 18.6 Å². The van der Waals surface area contributed by atoms with Crippen LogP contribution >= 0.6 is 0 Å². The van der Waals surface area contributed by atoms with E-state index in [-0.39, 0.29) is 10.9 Å². The summed E-state index contributed by atoms with van der Waals surface area (Å²) < 4.78 is 38.0. The molecule has 2 rings (SSSR count).